The van der Waals surface area contributed by atoms with E-state index in [2.05, 4.69) is 15.9 Å². The fourth-order valence-corrected chi connectivity index (χ4v) is 1.03. The van der Waals surface area contributed by atoms with Crippen LogP contribution in [0.25, 0.3) is 0 Å². The van der Waals surface area contributed by atoms with Gasteiger partial charge in [-0.2, -0.15) is 8.78 Å². The number of halogens is 3. The third kappa shape index (κ3) is 6.75. The summed E-state index contributed by atoms with van der Waals surface area (Å²) < 4.78 is 23.5. The Morgan fingerprint density at radius 1 is 1.54 bits per heavy atom. The Kier molecular flexibility index (Phi) is 6.86. The van der Waals surface area contributed by atoms with Crippen LogP contribution in [0.3, 0.4) is 0 Å². The molecule has 0 saturated heterocycles. The number of hydrogen-bond acceptors (Lipinski definition) is 1. The second-order valence-corrected chi connectivity index (χ2v) is 3.23. The van der Waals surface area contributed by atoms with Crippen molar-refractivity contribution in [3.8, 4) is 0 Å². The van der Waals surface area contributed by atoms with E-state index in [1.54, 1.807) is 0 Å². The summed E-state index contributed by atoms with van der Waals surface area (Å²) in [5.74, 6) is 0. The van der Waals surface area contributed by atoms with Gasteiger partial charge in [0.1, 0.15) is 0 Å². The molecule has 76 valence electrons. The average molecular weight is 254 g/mol. The maximum absolute atomic E-state index is 11.8. The Bertz CT molecular complexity index is 200. The molecule has 0 bridgehead atoms. The first-order chi connectivity index (χ1) is 6.10. The van der Waals surface area contributed by atoms with Gasteiger partial charge in [-0.25, -0.2) is 0 Å². The van der Waals surface area contributed by atoms with Crippen molar-refractivity contribution < 1.29 is 8.78 Å². The smallest absolute Gasteiger partial charge is 0.312 e. The number of alkyl halides is 3. The van der Waals surface area contributed by atoms with Crippen molar-refractivity contribution in [1.82, 2.24) is 5.32 Å². The van der Waals surface area contributed by atoms with Crippen molar-refractivity contribution in [2.24, 2.45) is 0 Å². The number of allylic oxidation sites excluding steroid dienone is 3. The summed E-state index contributed by atoms with van der Waals surface area (Å²) in [4.78, 5) is 0. The Hall–Kier alpha value is -0.380. The molecule has 0 aromatic heterocycles. The molecule has 1 N–H and O–H groups in total. The third-order valence-corrected chi connectivity index (χ3v) is 2.19. The molecule has 0 fully saturated rings. The number of rotatable bonds is 5. The lowest BCUT2D eigenvalue weighted by atomic mass is 10.1. The normalized spacial score (nSPS) is 13.7. The lowest BCUT2D eigenvalue weighted by Gasteiger charge is -2.02. The minimum atomic E-state index is -2.50. The zero-order chi connectivity index (χ0) is 10.3. The summed E-state index contributed by atoms with van der Waals surface area (Å²) in [6.07, 6.45) is 4.15. The van der Waals surface area contributed by atoms with Crippen LogP contribution in [0.1, 0.15) is 20.3 Å². The van der Waals surface area contributed by atoms with Crippen molar-refractivity contribution in [3.63, 3.8) is 0 Å². The maximum atomic E-state index is 11.8. The van der Waals surface area contributed by atoms with Crippen molar-refractivity contribution >= 4 is 15.9 Å². The zero-order valence-electron chi connectivity index (χ0n) is 7.78. The van der Waals surface area contributed by atoms with Crippen molar-refractivity contribution in [3.05, 3.63) is 23.4 Å². The van der Waals surface area contributed by atoms with Gasteiger partial charge >= 0.3 is 6.55 Å². The van der Waals surface area contributed by atoms with Gasteiger partial charge in [0.2, 0.25) is 0 Å². The lowest BCUT2D eigenvalue weighted by molar-refractivity contribution is 0.125. The largest absolute Gasteiger partial charge is 0.336 e. The minimum Gasteiger partial charge on any atom is -0.336 e. The molecule has 0 aliphatic heterocycles. The van der Waals surface area contributed by atoms with Crippen molar-refractivity contribution in [1.29, 1.82) is 0 Å². The SMILES string of the molecule is CC/C(C)=C/C(=C\NC(F)F)CBr. The topological polar surface area (TPSA) is 12.0 Å². The molecule has 0 aromatic rings. The van der Waals surface area contributed by atoms with Crippen LogP contribution < -0.4 is 5.32 Å². The standard InChI is InChI=1S/C9H14BrF2N/c1-3-7(2)4-8(5-10)6-13-9(11)12/h4,6,9,13H,3,5H2,1-2H3/b7-4+,8-6+. The summed E-state index contributed by atoms with van der Waals surface area (Å²) >= 11 is 3.23. The second kappa shape index (κ2) is 7.06. The molecule has 0 rings (SSSR count). The van der Waals surface area contributed by atoms with Crippen LogP contribution in [0.15, 0.2) is 23.4 Å². The van der Waals surface area contributed by atoms with Gasteiger partial charge in [0.15, 0.2) is 0 Å². The molecule has 0 radical (unpaired) electrons. The summed E-state index contributed by atoms with van der Waals surface area (Å²) in [6.45, 7) is 1.50. The predicted molar refractivity (Wildman–Crippen MR) is 55.1 cm³/mol. The van der Waals surface area contributed by atoms with Gasteiger partial charge < -0.3 is 5.32 Å². The minimum absolute atomic E-state index is 0.573. The Balaban J connectivity index is 4.24. The van der Waals surface area contributed by atoms with E-state index in [9.17, 15) is 8.78 Å². The van der Waals surface area contributed by atoms with Crippen LogP contribution >= 0.6 is 15.9 Å². The number of hydrogen-bond donors (Lipinski definition) is 1. The van der Waals surface area contributed by atoms with E-state index < -0.39 is 6.55 Å². The molecule has 0 saturated carbocycles. The van der Waals surface area contributed by atoms with E-state index in [0.29, 0.717) is 5.33 Å². The molecule has 0 spiro atoms. The summed E-state index contributed by atoms with van der Waals surface area (Å²) in [5.41, 5.74) is 1.99. The van der Waals surface area contributed by atoms with Gasteiger partial charge in [-0.3, -0.25) is 0 Å². The van der Waals surface area contributed by atoms with Gasteiger partial charge in [-0.1, -0.05) is 34.5 Å². The first-order valence-corrected chi connectivity index (χ1v) is 5.18. The molecule has 0 aromatic carbocycles. The van der Waals surface area contributed by atoms with E-state index in [1.165, 1.54) is 11.8 Å². The van der Waals surface area contributed by atoms with E-state index in [4.69, 9.17) is 0 Å². The highest BCUT2D eigenvalue weighted by atomic mass is 79.9. The molecule has 1 nitrogen and oxygen atoms in total. The zero-order valence-corrected chi connectivity index (χ0v) is 9.37. The quantitative estimate of drug-likeness (QED) is 0.450. The van der Waals surface area contributed by atoms with Crippen LogP contribution in [-0.4, -0.2) is 11.9 Å². The summed E-state index contributed by atoms with van der Waals surface area (Å²) in [5, 5.41) is 2.53. The molecule has 0 aliphatic rings. The first kappa shape index (κ1) is 12.6. The molecule has 0 unspecified atom stereocenters. The van der Waals surface area contributed by atoms with Gasteiger partial charge in [0, 0.05) is 11.5 Å². The molecule has 0 aliphatic carbocycles. The van der Waals surface area contributed by atoms with Gasteiger partial charge in [0.25, 0.3) is 0 Å². The van der Waals surface area contributed by atoms with E-state index >= 15 is 0 Å². The van der Waals surface area contributed by atoms with E-state index in [0.717, 1.165) is 12.0 Å². The second-order valence-electron chi connectivity index (χ2n) is 2.66. The van der Waals surface area contributed by atoms with Gasteiger partial charge in [-0.05, 0) is 18.9 Å². The molecular weight excluding hydrogens is 240 g/mol. The highest BCUT2D eigenvalue weighted by molar-refractivity contribution is 9.09. The fraction of sp³-hybridized carbons (Fsp3) is 0.556. The van der Waals surface area contributed by atoms with Gasteiger partial charge in [0.05, 0.1) is 0 Å². The van der Waals surface area contributed by atoms with Crippen LogP contribution in [0, 0.1) is 0 Å². The van der Waals surface area contributed by atoms with Crippen molar-refractivity contribution in [2.45, 2.75) is 26.8 Å². The third-order valence-electron chi connectivity index (χ3n) is 1.54. The van der Waals surface area contributed by atoms with Gasteiger partial charge in [-0.15, -0.1) is 0 Å². The Labute approximate surface area is 86.0 Å². The van der Waals surface area contributed by atoms with Crippen LogP contribution in [0.5, 0.6) is 0 Å². The molecular formula is C9H14BrF2N. The van der Waals surface area contributed by atoms with Crippen LogP contribution in [-0.2, 0) is 0 Å². The average Bonchev–Trinajstić information content (AvgIpc) is 2.11. The van der Waals surface area contributed by atoms with Crippen molar-refractivity contribution in [2.75, 3.05) is 5.33 Å². The highest BCUT2D eigenvalue weighted by Crippen LogP contribution is 2.07. The van der Waals surface area contributed by atoms with E-state index in [1.807, 2.05) is 25.2 Å². The fourth-order valence-electron chi connectivity index (χ4n) is 0.707. The van der Waals surface area contributed by atoms with E-state index in [-0.39, 0.29) is 0 Å². The molecule has 0 amide bonds. The predicted octanol–water partition coefficient (Wildman–Crippen LogP) is 3.43. The lowest BCUT2D eigenvalue weighted by Crippen LogP contribution is -2.13. The molecule has 13 heavy (non-hydrogen) atoms. The monoisotopic (exact) mass is 253 g/mol. The number of nitrogens with one attached hydrogen (secondary N) is 1. The van der Waals surface area contributed by atoms with Crippen LogP contribution in [0.2, 0.25) is 0 Å². The first-order valence-electron chi connectivity index (χ1n) is 4.06. The summed E-state index contributed by atoms with van der Waals surface area (Å²) in [7, 11) is 0. The maximum Gasteiger partial charge on any atom is 0.312 e. The van der Waals surface area contributed by atoms with Crippen LogP contribution in [0.4, 0.5) is 8.78 Å². The molecule has 0 atom stereocenters. The molecule has 4 heteroatoms. The summed E-state index contributed by atoms with van der Waals surface area (Å²) in [6, 6.07) is 0. The Morgan fingerprint density at radius 3 is 2.54 bits per heavy atom. The Morgan fingerprint density at radius 2 is 2.15 bits per heavy atom. The highest BCUT2D eigenvalue weighted by Gasteiger charge is 1.97. The molecule has 0 heterocycles.